The zero-order chi connectivity index (χ0) is 17.0. The molecule has 7 nitrogen and oxygen atoms in total. The predicted octanol–water partition coefficient (Wildman–Crippen LogP) is 3.32. The Kier molecular flexibility index (Phi) is 4.70. The first-order valence-corrected chi connectivity index (χ1v) is 6.62. The van der Waals surface area contributed by atoms with E-state index in [9.17, 15) is 19.7 Å². The van der Waals surface area contributed by atoms with E-state index in [1.54, 1.807) is 19.1 Å². The van der Waals surface area contributed by atoms with Crippen molar-refractivity contribution in [3.05, 3.63) is 63.4 Å². The van der Waals surface area contributed by atoms with Crippen LogP contribution in [0.4, 0.5) is 5.88 Å². The summed E-state index contributed by atoms with van der Waals surface area (Å²) in [6, 6.07) is 7.42. The average molecular weight is 315 g/mol. The molecule has 0 atom stereocenters. The summed E-state index contributed by atoms with van der Waals surface area (Å²) < 4.78 is 9.93. The van der Waals surface area contributed by atoms with Gasteiger partial charge in [0.2, 0.25) is 0 Å². The van der Waals surface area contributed by atoms with Crippen molar-refractivity contribution in [2.75, 3.05) is 0 Å². The molecule has 7 heteroatoms. The second kappa shape index (κ2) is 6.69. The number of benzene rings is 1. The van der Waals surface area contributed by atoms with Gasteiger partial charge in [0.25, 0.3) is 0 Å². The average Bonchev–Trinajstić information content (AvgIpc) is 2.95. The minimum atomic E-state index is -0.668. The van der Waals surface area contributed by atoms with E-state index in [0.717, 1.165) is 5.56 Å². The van der Waals surface area contributed by atoms with Crippen molar-refractivity contribution in [2.24, 2.45) is 0 Å². The maximum absolute atomic E-state index is 12.3. The minimum absolute atomic E-state index is 0.156. The third kappa shape index (κ3) is 4.13. The van der Waals surface area contributed by atoms with Crippen LogP contribution in [0.5, 0.6) is 5.75 Å². The number of nitro groups is 1. The molecule has 1 heterocycles. The quantitative estimate of drug-likeness (QED) is 0.209. The highest BCUT2D eigenvalue weighted by Gasteiger charge is 2.14. The van der Waals surface area contributed by atoms with Crippen molar-refractivity contribution in [2.45, 2.75) is 13.8 Å². The number of aryl methyl sites for hydroxylation is 1. The minimum Gasteiger partial charge on any atom is -0.426 e. The molecule has 0 aliphatic rings. The molecule has 0 N–H and O–H groups in total. The van der Waals surface area contributed by atoms with Crippen molar-refractivity contribution in [3.63, 3.8) is 0 Å². The number of furan rings is 1. The lowest BCUT2D eigenvalue weighted by Gasteiger charge is -2.07. The van der Waals surface area contributed by atoms with E-state index in [1.807, 2.05) is 0 Å². The first kappa shape index (κ1) is 16.2. The van der Waals surface area contributed by atoms with Gasteiger partial charge in [-0.15, -0.1) is 0 Å². The highest BCUT2D eigenvalue weighted by Crippen LogP contribution is 2.22. The first-order chi connectivity index (χ1) is 10.9. The summed E-state index contributed by atoms with van der Waals surface area (Å²) in [6.07, 6.45) is 2.51. The lowest BCUT2D eigenvalue weighted by atomic mass is 10.1. The number of carbonyl (C=O) groups excluding carboxylic acids is 2. The number of hydrogen-bond donors (Lipinski definition) is 0. The molecule has 0 fully saturated rings. The normalized spacial score (nSPS) is 10.7. The van der Waals surface area contributed by atoms with Crippen LogP contribution in [0.25, 0.3) is 6.08 Å². The summed E-state index contributed by atoms with van der Waals surface area (Å²) >= 11 is 0. The SMILES string of the molecule is CC(=O)Oc1ccc(C)cc1C(=O)/C=C/c1ccc([N+](=O)[O-])o1. The van der Waals surface area contributed by atoms with Gasteiger partial charge in [0.05, 0.1) is 11.6 Å². The van der Waals surface area contributed by atoms with E-state index in [2.05, 4.69) is 0 Å². The van der Waals surface area contributed by atoms with Gasteiger partial charge in [-0.25, -0.2) is 0 Å². The molecular formula is C16H13NO6. The summed E-state index contributed by atoms with van der Waals surface area (Å²) in [5.41, 5.74) is 1.05. The summed E-state index contributed by atoms with van der Waals surface area (Å²) in [6.45, 7) is 3.04. The highest BCUT2D eigenvalue weighted by atomic mass is 16.6. The van der Waals surface area contributed by atoms with E-state index in [-0.39, 0.29) is 17.1 Å². The molecule has 118 valence electrons. The number of ketones is 1. The Bertz CT molecular complexity index is 803. The van der Waals surface area contributed by atoms with Crippen LogP contribution in [0.3, 0.4) is 0 Å². The molecule has 0 radical (unpaired) electrons. The number of esters is 1. The Balaban J connectivity index is 2.25. The second-order valence-corrected chi connectivity index (χ2v) is 4.72. The third-order valence-electron chi connectivity index (χ3n) is 2.85. The summed E-state index contributed by atoms with van der Waals surface area (Å²) in [4.78, 5) is 33.2. The van der Waals surface area contributed by atoms with Crippen LogP contribution in [0.15, 0.2) is 40.8 Å². The van der Waals surface area contributed by atoms with Crippen LogP contribution in [0, 0.1) is 17.0 Å². The van der Waals surface area contributed by atoms with Gasteiger partial charge in [0.15, 0.2) is 5.78 Å². The maximum atomic E-state index is 12.3. The monoisotopic (exact) mass is 315 g/mol. The van der Waals surface area contributed by atoms with E-state index in [4.69, 9.17) is 9.15 Å². The van der Waals surface area contributed by atoms with Gasteiger partial charge in [0.1, 0.15) is 16.4 Å². The van der Waals surface area contributed by atoms with Crippen molar-refractivity contribution >= 4 is 23.7 Å². The van der Waals surface area contributed by atoms with Crippen LogP contribution >= 0.6 is 0 Å². The van der Waals surface area contributed by atoms with Gasteiger partial charge >= 0.3 is 11.9 Å². The molecule has 2 aromatic rings. The molecule has 23 heavy (non-hydrogen) atoms. The molecule has 0 aliphatic heterocycles. The van der Waals surface area contributed by atoms with E-state index < -0.39 is 22.6 Å². The maximum Gasteiger partial charge on any atom is 0.433 e. The van der Waals surface area contributed by atoms with E-state index in [1.165, 1.54) is 37.3 Å². The molecule has 0 unspecified atom stereocenters. The number of allylic oxidation sites excluding steroid dienone is 1. The summed E-state index contributed by atoms with van der Waals surface area (Å²) in [5.74, 6) is -1.03. The number of hydrogen-bond acceptors (Lipinski definition) is 6. The number of ether oxygens (including phenoxy) is 1. The predicted molar refractivity (Wildman–Crippen MR) is 81.2 cm³/mol. The fourth-order valence-electron chi connectivity index (χ4n) is 1.86. The molecule has 0 saturated carbocycles. The standard InChI is InChI=1S/C16H13NO6/c1-10-3-7-15(22-11(2)18)13(9-10)14(19)6-4-12-5-8-16(23-12)17(20)21/h3-9H,1-2H3/b6-4+. The Hall–Kier alpha value is -3.22. The van der Waals surface area contributed by atoms with Crippen molar-refractivity contribution in [3.8, 4) is 5.75 Å². The van der Waals surface area contributed by atoms with Crippen molar-refractivity contribution < 1.29 is 23.7 Å². The van der Waals surface area contributed by atoms with E-state index in [0.29, 0.717) is 0 Å². The fraction of sp³-hybridized carbons (Fsp3) is 0.125. The number of carbonyl (C=O) groups is 2. The summed E-state index contributed by atoms with van der Waals surface area (Å²) in [5, 5.41) is 10.5. The van der Waals surface area contributed by atoms with Crippen LogP contribution in [0.1, 0.15) is 28.6 Å². The molecule has 0 saturated heterocycles. The Morgan fingerprint density at radius 3 is 2.61 bits per heavy atom. The largest absolute Gasteiger partial charge is 0.433 e. The zero-order valence-electron chi connectivity index (χ0n) is 12.4. The number of rotatable bonds is 5. The Labute approximate surface area is 131 Å². The fourth-order valence-corrected chi connectivity index (χ4v) is 1.86. The van der Waals surface area contributed by atoms with Crippen molar-refractivity contribution in [1.29, 1.82) is 0 Å². The Morgan fingerprint density at radius 1 is 1.26 bits per heavy atom. The van der Waals surface area contributed by atoms with Gasteiger partial charge < -0.3 is 9.15 Å². The molecular weight excluding hydrogens is 302 g/mol. The third-order valence-corrected chi connectivity index (χ3v) is 2.85. The molecule has 1 aromatic heterocycles. The van der Waals surface area contributed by atoms with Gasteiger partial charge in [-0.1, -0.05) is 11.6 Å². The van der Waals surface area contributed by atoms with Gasteiger partial charge in [-0.2, -0.15) is 0 Å². The van der Waals surface area contributed by atoms with Crippen LogP contribution in [-0.2, 0) is 4.79 Å². The molecule has 1 aromatic carbocycles. The van der Waals surface area contributed by atoms with Crippen LogP contribution in [-0.4, -0.2) is 16.7 Å². The lowest BCUT2D eigenvalue weighted by molar-refractivity contribution is -0.402. The van der Waals surface area contributed by atoms with Gasteiger partial charge in [-0.3, -0.25) is 19.7 Å². The summed E-state index contributed by atoms with van der Waals surface area (Å²) in [7, 11) is 0. The van der Waals surface area contributed by atoms with Crippen molar-refractivity contribution in [1.82, 2.24) is 0 Å². The molecule has 0 bridgehead atoms. The van der Waals surface area contributed by atoms with Gasteiger partial charge in [0, 0.05) is 6.92 Å². The smallest absolute Gasteiger partial charge is 0.426 e. The molecule has 0 amide bonds. The van der Waals surface area contributed by atoms with Crippen LogP contribution in [0.2, 0.25) is 0 Å². The first-order valence-electron chi connectivity index (χ1n) is 6.62. The van der Waals surface area contributed by atoms with E-state index >= 15 is 0 Å². The molecule has 2 rings (SSSR count). The van der Waals surface area contributed by atoms with Gasteiger partial charge in [-0.05, 0) is 37.3 Å². The lowest BCUT2D eigenvalue weighted by Crippen LogP contribution is -2.06. The molecule has 0 spiro atoms. The van der Waals surface area contributed by atoms with Crippen LogP contribution < -0.4 is 4.74 Å². The second-order valence-electron chi connectivity index (χ2n) is 4.72. The number of nitrogens with zero attached hydrogens (tertiary/aromatic N) is 1. The molecule has 0 aliphatic carbocycles. The highest BCUT2D eigenvalue weighted by molar-refractivity contribution is 6.09. The Morgan fingerprint density at radius 2 is 2.00 bits per heavy atom. The zero-order valence-corrected chi connectivity index (χ0v) is 12.4. The topological polar surface area (TPSA) is 99.7 Å².